The van der Waals surface area contributed by atoms with Crippen LogP contribution in [0.4, 0.5) is 0 Å². The zero-order valence-electron chi connectivity index (χ0n) is 9.26. The van der Waals surface area contributed by atoms with Crippen molar-refractivity contribution in [1.82, 2.24) is 9.55 Å². The standard InChI is InChI=1S/C13H14N2S/c1-8-4-9(5-8)12-13-10(2-3-16-13)11-6-14-7-15(11)12/h2-3,6-9,12H,4-5H2,1H3/t8?,9?,12-/m0/s1. The highest BCUT2D eigenvalue weighted by atomic mass is 32.1. The summed E-state index contributed by atoms with van der Waals surface area (Å²) >= 11 is 1.91. The largest absolute Gasteiger partial charge is 0.322 e. The molecule has 0 spiro atoms. The summed E-state index contributed by atoms with van der Waals surface area (Å²) in [7, 11) is 0. The van der Waals surface area contributed by atoms with E-state index >= 15 is 0 Å². The monoisotopic (exact) mass is 230 g/mol. The predicted octanol–water partition coefficient (Wildman–Crippen LogP) is 3.56. The topological polar surface area (TPSA) is 17.8 Å². The number of rotatable bonds is 1. The average molecular weight is 230 g/mol. The van der Waals surface area contributed by atoms with Crippen LogP contribution in [0.5, 0.6) is 0 Å². The van der Waals surface area contributed by atoms with Crippen molar-refractivity contribution in [2.24, 2.45) is 11.8 Å². The van der Waals surface area contributed by atoms with Crippen molar-refractivity contribution >= 4 is 11.3 Å². The summed E-state index contributed by atoms with van der Waals surface area (Å²) in [5, 5.41) is 2.22. The summed E-state index contributed by atoms with van der Waals surface area (Å²) in [5.41, 5.74) is 2.74. The third kappa shape index (κ3) is 0.995. The molecule has 1 fully saturated rings. The number of imidazole rings is 1. The minimum absolute atomic E-state index is 0.587. The molecule has 1 aliphatic heterocycles. The summed E-state index contributed by atoms with van der Waals surface area (Å²) in [6.07, 6.45) is 6.77. The Labute approximate surface area is 98.9 Å². The van der Waals surface area contributed by atoms with E-state index in [4.69, 9.17) is 0 Å². The Balaban J connectivity index is 1.83. The second-order valence-electron chi connectivity index (χ2n) is 5.17. The van der Waals surface area contributed by atoms with Crippen LogP contribution in [0.2, 0.25) is 0 Å². The third-order valence-electron chi connectivity index (χ3n) is 4.06. The molecule has 0 N–H and O–H groups in total. The number of nitrogens with zero attached hydrogens (tertiary/aromatic N) is 2. The van der Waals surface area contributed by atoms with Crippen LogP contribution in [-0.4, -0.2) is 9.55 Å². The van der Waals surface area contributed by atoms with Gasteiger partial charge in [0.25, 0.3) is 0 Å². The van der Waals surface area contributed by atoms with Crippen LogP contribution < -0.4 is 0 Å². The molecule has 2 nitrogen and oxygen atoms in total. The van der Waals surface area contributed by atoms with Crippen LogP contribution >= 0.6 is 11.3 Å². The molecule has 2 aromatic rings. The van der Waals surface area contributed by atoms with E-state index in [0.29, 0.717) is 6.04 Å². The Kier molecular flexibility index (Phi) is 1.67. The van der Waals surface area contributed by atoms with Gasteiger partial charge in [-0.15, -0.1) is 11.3 Å². The highest BCUT2D eigenvalue weighted by Gasteiger charge is 2.40. The predicted molar refractivity (Wildman–Crippen MR) is 65.6 cm³/mol. The van der Waals surface area contributed by atoms with Crippen LogP contribution in [0, 0.1) is 11.8 Å². The van der Waals surface area contributed by atoms with E-state index in [2.05, 4.69) is 27.9 Å². The fraction of sp³-hybridized carbons (Fsp3) is 0.462. The number of fused-ring (bicyclic) bond motifs is 3. The molecule has 3 heteroatoms. The summed E-state index contributed by atoms with van der Waals surface area (Å²) in [6, 6.07) is 2.83. The van der Waals surface area contributed by atoms with Crippen LogP contribution in [0.3, 0.4) is 0 Å². The summed E-state index contributed by atoms with van der Waals surface area (Å²) in [6.45, 7) is 2.36. The Bertz CT molecular complexity index is 493. The maximum absolute atomic E-state index is 4.30. The zero-order valence-corrected chi connectivity index (χ0v) is 10.1. The van der Waals surface area contributed by atoms with Crippen LogP contribution in [0.15, 0.2) is 24.0 Å². The van der Waals surface area contributed by atoms with Gasteiger partial charge in [-0.3, -0.25) is 0 Å². The molecule has 0 radical (unpaired) electrons. The van der Waals surface area contributed by atoms with Gasteiger partial charge in [0.2, 0.25) is 0 Å². The minimum Gasteiger partial charge on any atom is -0.322 e. The second kappa shape index (κ2) is 2.98. The van der Waals surface area contributed by atoms with Gasteiger partial charge in [0.15, 0.2) is 0 Å². The molecule has 0 unspecified atom stereocenters. The van der Waals surface area contributed by atoms with E-state index < -0.39 is 0 Å². The van der Waals surface area contributed by atoms with Crippen molar-refractivity contribution in [3.63, 3.8) is 0 Å². The molecule has 16 heavy (non-hydrogen) atoms. The molecule has 0 amide bonds. The normalized spacial score (nSPS) is 30.9. The number of thiophene rings is 1. The van der Waals surface area contributed by atoms with E-state index in [9.17, 15) is 0 Å². The lowest BCUT2D eigenvalue weighted by Gasteiger charge is -2.37. The molecule has 3 heterocycles. The van der Waals surface area contributed by atoms with Gasteiger partial charge in [-0.1, -0.05) is 6.92 Å². The molecule has 1 atom stereocenters. The van der Waals surface area contributed by atoms with Gasteiger partial charge < -0.3 is 4.57 Å². The van der Waals surface area contributed by atoms with Gasteiger partial charge in [0.05, 0.1) is 24.3 Å². The smallest absolute Gasteiger partial charge is 0.0957 e. The molecule has 0 saturated heterocycles. The molecule has 0 aromatic carbocycles. The zero-order chi connectivity index (χ0) is 10.7. The van der Waals surface area contributed by atoms with Crippen molar-refractivity contribution in [2.45, 2.75) is 25.8 Å². The van der Waals surface area contributed by atoms with E-state index in [1.54, 1.807) is 4.88 Å². The maximum atomic E-state index is 4.30. The summed E-state index contributed by atoms with van der Waals surface area (Å²) in [4.78, 5) is 5.86. The SMILES string of the molecule is CC1CC([C@H]2c3sccc3-c3cncn32)C1. The molecular weight excluding hydrogens is 216 g/mol. The highest BCUT2D eigenvalue weighted by molar-refractivity contribution is 7.10. The first-order valence-electron chi connectivity index (χ1n) is 5.94. The molecular formula is C13H14N2S. The molecule has 2 aliphatic rings. The molecule has 1 saturated carbocycles. The van der Waals surface area contributed by atoms with Gasteiger partial charge in [0.1, 0.15) is 0 Å². The quantitative estimate of drug-likeness (QED) is 0.732. The molecule has 4 rings (SSSR count). The Morgan fingerprint density at radius 2 is 2.31 bits per heavy atom. The lowest BCUT2D eigenvalue weighted by Crippen LogP contribution is -2.29. The lowest BCUT2D eigenvalue weighted by atomic mass is 9.72. The van der Waals surface area contributed by atoms with Crippen molar-refractivity contribution in [3.8, 4) is 11.3 Å². The van der Waals surface area contributed by atoms with Crippen molar-refractivity contribution < 1.29 is 0 Å². The Morgan fingerprint density at radius 1 is 1.44 bits per heavy atom. The fourth-order valence-electron chi connectivity index (χ4n) is 3.29. The molecule has 2 aromatic heterocycles. The van der Waals surface area contributed by atoms with E-state index in [-0.39, 0.29) is 0 Å². The lowest BCUT2D eigenvalue weighted by molar-refractivity contribution is 0.166. The average Bonchev–Trinajstić information content (AvgIpc) is 2.84. The molecule has 1 aliphatic carbocycles. The fourth-order valence-corrected chi connectivity index (χ4v) is 4.38. The van der Waals surface area contributed by atoms with Crippen LogP contribution in [0.1, 0.15) is 30.7 Å². The molecule has 82 valence electrons. The summed E-state index contributed by atoms with van der Waals surface area (Å²) in [5.74, 6) is 1.75. The van der Waals surface area contributed by atoms with Gasteiger partial charge in [-0.2, -0.15) is 0 Å². The van der Waals surface area contributed by atoms with Crippen molar-refractivity contribution in [1.29, 1.82) is 0 Å². The number of aromatic nitrogens is 2. The second-order valence-corrected chi connectivity index (χ2v) is 6.11. The van der Waals surface area contributed by atoms with Crippen molar-refractivity contribution in [3.05, 3.63) is 28.8 Å². The minimum atomic E-state index is 0.587. The van der Waals surface area contributed by atoms with E-state index in [1.807, 2.05) is 23.9 Å². The van der Waals surface area contributed by atoms with Crippen LogP contribution in [0.25, 0.3) is 11.3 Å². The van der Waals surface area contributed by atoms with Crippen LogP contribution in [-0.2, 0) is 0 Å². The maximum Gasteiger partial charge on any atom is 0.0957 e. The number of hydrogen-bond donors (Lipinski definition) is 0. The summed E-state index contributed by atoms with van der Waals surface area (Å²) < 4.78 is 2.39. The first-order chi connectivity index (χ1) is 7.84. The first-order valence-corrected chi connectivity index (χ1v) is 6.82. The first kappa shape index (κ1) is 8.99. The van der Waals surface area contributed by atoms with Gasteiger partial charge in [-0.05, 0) is 36.1 Å². The Morgan fingerprint density at radius 3 is 3.12 bits per heavy atom. The van der Waals surface area contributed by atoms with Crippen molar-refractivity contribution in [2.75, 3.05) is 0 Å². The Hall–Kier alpha value is -1.09. The van der Waals surface area contributed by atoms with Gasteiger partial charge in [0, 0.05) is 10.4 Å². The van der Waals surface area contributed by atoms with E-state index in [0.717, 1.165) is 11.8 Å². The number of hydrogen-bond acceptors (Lipinski definition) is 2. The highest BCUT2D eigenvalue weighted by Crippen LogP contribution is 2.52. The molecule has 0 bridgehead atoms. The van der Waals surface area contributed by atoms with Gasteiger partial charge in [-0.25, -0.2) is 4.98 Å². The van der Waals surface area contributed by atoms with E-state index in [1.165, 1.54) is 24.1 Å². The third-order valence-corrected chi connectivity index (χ3v) is 5.05. The van der Waals surface area contributed by atoms with Gasteiger partial charge >= 0.3 is 0 Å².